The fraction of sp³-hybridized carbons (Fsp3) is 0.273. The summed E-state index contributed by atoms with van der Waals surface area (Å²) in [6.07, 6.45) is 3.14. The van der Waals surface area contributed by atoms with Gasteiger partial charge in [-0.1, -0.05) is 30.3 Å². The van der Waals surface area contributed by atoms with Gasteiger partial charge in [0.25, 0.3) is 0 Å². The first-order valence-electron chi connectivity index (χ1n) is 9.50. The van der Waals surface area contributed by atoms with Gasteiger partial charge in [-0.15, -0.1) is 24.0 Å². The minimum absolute atomic E-state index is 0. The summed E-state index contributed by atoms with van der Waals surface area (Å²) >= 11 is 0. The highest BCUT2D eigenvalue weighted by atomic mass is 127. The summed E-state index contributed by atoms with van der Waals surface area (Å²) in [7, 11) is 1.77. The summed E-state index contributed by atoms with van der Waals surface area (Å²) in [6.45, 7) is 3.93. The molecule has 0 unspecified atom stereocenters. The molecular weight excluding hydrogens is 477 g/mol. The zero-order valence-corrected chi connectivity index (χ0v) is 19.1. The van der Waals surface area contributed by atoms with Crippen LogP contribution in [0.25, 0.3) is 10.9 Å². The second-order valence-electron chi connectivity index (χ2n) is 6.66. The molecule has 0 saturated carbocycles. The molecule has 2 aromatic carbocycles. The topological polar surface area (TPSA) is 70.5 Å². The highest BCUT2D eigenvalue weighted by molar-refractivity contribution is 14.0. The number of benzene rings is 2. The lowest BCUT2D eigenvalue weighted by molar-refractivity contribution is -0.114. The van der Waals surface area contributed by atoms with E-state index in [1.807, 2.05) is 24.3 Å². The van der Waals surface area contributed by atoms with Crippen molar-refractivity contribution < 1.29 is 4.79 Å². The van der Waals surface area contributed by atoms with Crippen LogP contribution in [0.1, 0.15) is 18.9 Å². The third kappa shape index (κ3) is 6.77. The van der Waals surface area contributed by atoms with Crippen molar-refractivity contribution in [2.75, 3.05) is 18.9 Å². The van der Waals surface area contributed by atoms with Crippen LogP contribution in [0.5, 0.6) is 0 Å². The Bertz CT molecular complexity index is 967. The van der Waals surface area contributed by atoms with E-state index in [9.17, 15) is 4.79 Å². The van der Waals surface area contributed by atoms with Gasteiger partial charge in [0.05, 0.1) is 0 Å². The summed E-state index contributed by atoms with van der Waals surface area (Å²) in [5.74, 6) is 0.695. The molecule has 3 aromatic rings. The fourth-order valence-corrected chi connectivity index (χ4v) is 3.16. The standard InChI is InChI=1S/C22H27N5O.HI/c1-17(28)26-20-9-5-7-18(15-20)16-25-22(23-2)24-12-6-13-27-14-11-19-8-3-4-10-21(19)27;/h3-5,7-11,14-15H,6,12-13,16H2,1-2H3,(H,26,28)(H2,23,24,25);1H. The lowest BCUT2D eigenvalue weighted by Gasteiger charge is -2.13. The first-order chi connectivity index (χ1) is 13.7. The number of anilines is 1. The molecule has 0 aliphatic heterocycles. The number of rotatable bonds is 7. The number of aryl methyl sites for hydroxylation is 1. The van der Waals surface area contributed by atoms with Gasteiger partial charge in [0.15, 0.2) is 5.96 Å². The molecule has 0 spiro atoms. The molecule has 0 bridgehead atoms. The molecule has 6 nitrogen and oxygen atoms in total. The molecule has 3 rings (SSSR count). The van der Waals surface area contributed by atoms with Crippen LogP contribution in [0, 0.1) is 0 Å². The molecule has 1 heterocycles. The van der Waals surface area contributed by atoms with E-state index in [1.54, 1.807) is 7.05 Å². The quantitative estimate of drug-likeness (QED) is 0.197. The Hall–Kier alpha value is -2.55. The maximum Gasteiger partial charge on any atom is 0.221 e. The van der Waals surface area contributed by atoms with Gasteiger partial charge < -0.3 is 20.5 Å². The zero-order valence-electron chi connectivity index (χ0n) is 16.8. The molecule has 7 heteroatoms. The number of aromatic nitrogens is 1. The number of carbonyl (C=O) groups excluding carboxylic acids is 1. The van der Waals surface area contributed by atoms with Crippen molar-refractivity contribution in [3.8, 4) is 0 Å². The predicted molar refractivity (Wildman–Crippen MR) is 131 cm³/mol. The Kier molecular flexibility index (Phi) is 8.98. The number of para-hydroxylation sites is 1. The van der Waals surface area contributed by atoms with Crippen LogP contribution in [0.4, 0.5) is 5.69 Å². The van der Waals surface area contributed by atoms with Gasteiger partial charge in [0.1, 0.15) is 0 Å². The number of aliphatic imine (C=N–C) groups is 1. The van der Waals surface area contributed by atoms with E-state index in [-0.39, 0.29) is 29.9 Å². The fourth-order valence-electron chi connectivity index (χ4n) is 3.16. The van der Waals surface area contributed by atoms with Gasteiger partial charge >= 0.3 is 0 Å². The normalized spacial score (nSPS) is 11.0. The number of nitrogens with zero attached hydrogens (tertiary/aromatic N) is 2. The lowest BCUT2D eigenvalue weighted by Crippen LogP contribution is -2.37. The van der Waals surface area contributed by atoms with E-state index >= 15 is 0 Å². The zero-order chi connectivity index (χ0) is 19.8. The van der Waals surface area contributed by atoms with Crippen LogP contribution in [0.3, 0.4) is 0 Å². The highest BCUT2D eigenvalue weighted by Gasteiger charge is 2.02. The van der Waals surface area contributed by atoms with Crippen molar-refractivity contribution in [1.82, 2.24) is 15.2 Å². The van der Waals surface area contributed by atoms with Gasteiger partial charge in [0.2, 0.25) is 5.91 Å². The average Bonchev–Trinajstić information content (AvgIpc) is 3.10. The number of hydrogen-bond donors (Lipinski definition) is 3. The number of nitrogens with one attached hydrogen (secondary N) is 3. The average molecular weight is 505 g/mol. The maximum atomic E-state index is 11.2. The van der Waals surface area contributed by atoms with Gasteiger partial charge in [-0.25, -0.2) is 0 Å². The molecule has 0 saturated heterocycles. The molecule has 1 aromatic heterocycles. The van der Waals surface area contributed by atoms with Crippen molar-refractivity contribution >= 4 is 52.4 Å². The van der Waals surface area contributed by atoms with Crippen LogP contribution < -0.4 is 16.0 Å². The number of fused-ring (bicyclic) bond motifs is 1. The second kappa shape index (κ2) is 11.5. The number of carbonyl (C=O) groups is 1. The number of amides is 1. The Morgan fingerprint density at radius 2 is 1.90 bits per heavy atom. The second-order valence-corrected chi connectivity index (χ2v) is 6.66. The van der Waals surface area contributed by atoms with Crippen molar-refractivity contribution in [3.05, 3.63) is 66.4 Å². The van der Waals surface area contributed by atoms with E-state index in [0.717, 1.165) is 36.7 Å². The molecule has 0 aliphatic rings. The smallest absolute Gasteiger partial charge is 0.221 e. The molecule has 0 atom stereocenters. The van der Waals surface area contributed by atoms with E-state index < -0.39 is 0 Å². The Morgan fingerprint density at radius 1 is 1.07 bits per heavy atom. The summed E-state index contributed by atoms with van der Waals surface area (Å²) in [5, 5.41) is 10.7. The van der Waals surface area contributed by atoms with Crippen molar-refractivity contribution in [3.63, 3.8) is 0 Å². The maximum absolute atomic E-state index is 11.2. The van der Waals surface area contributed by atoms with Crippen LogP contribution in [-0.4, -0.2) is 30.0 Å². The number of hydrogen-bond acceptors (Lipinski definition) is 2. The van der Waals surface area contributed by atoms with Crippen LogP contribution in [0.2, 0.25) is 0 Å². The Morgan fingerprint density at radius 3 is 2.69 bits per heavy atom. The van der Waals surface area contributed by atoms with Crippen molar-refractivity contribution in [2.24, 2.45) is 4.99 Å². The van der Waals surface area contributed by atoms with Crippen LogP contribution in [-0.2, 0) is 17.9 Å². The molecule has 29 heavy (non-hydrogen) atoms. The summed E-state index contributed by atoms with van der Waals surface area (Å²) < 4.78 is 2.28. The molecule has 0 fully saturated rings. The van der Waals surface area contributed by atoms with E-state index in [4.69, 9.17) is 0 Å². The third-order valence-corrected chi connectivity index (χ3v) is 4.48. The van der Waals surface area contributed by atoms with Crippen LogP contribution in [0.15, 0.2) is 65.8 Å². The first kappa shape index (κ1) is 22.7. The summed E-state index contributed by atoms with van der Waals surface area (Å²) in [5.41, 5.74) is 3.14. The molecule has 3 N–H and O–H groups in total. The first-order valence-corrected chi connectivity index (χ1v) is 9.50. The largest absolute Gasteiger partial charge is 0.356 e. The summed E-state index contributed by atoms with van der Waals surface area (Å²) in [6, 6.07) is 18.4. The minimum Gasteiger partial charge on any atom is -0.356 e. The highest BCUT2D eigenvalue weighted by Crippen LogP contribution is 2.15. The van der Waals surface area contributed by atoms with E-state index in [0.29, 0.717) is 6.54 Å². The van der Waals surface area contributed by atoms with Gasteiger partial charge in [-0.3, -0.25) is 9.79 Å². The van der Waals surface area contributed by atoms with E-state index in [2.05, 4.69) is 62.0 Å². The third-order valence-electron chi connectivity index (χ3n) is 4.48. The van der Waals surface area contributed by atoms with Crippen molar-refractivity contribution in [2.45, 2.75) is 26.4 Å². The monoisotopic (exact) mass is 505 g/mol. The Balaban J connectivity index is 0.00000300. The van der Waals surface area contributed by atoms with Crippen molar-refractivity contribution in [1.29, 1.82) is 0 Å². The minimum atomic E-state index is -0.0712. The van der Waals surface area contributed by atoms with E-state index in [1.165, 1.54) is 17.8 Å². The van der Waals surface area contributed by atoms with Crippen LogP contribution >= 0.6 is 24.0 Å². The number of halogens is 1. The van der Waals surface area contributed by atoms with Gasteiger partial charge in [-0.2, -0.15) is 0 Å². The van der Waals surface area contributed by atoms with Gasteiger partial charge in [-0.05, 0) is 41.6 Å². The molecule has 0 aliphatic carbocycles. The van der Waals surface area contributed by atoms with Gasteiger partial charge in [0, 0.05) is 51.0 Å². The molecule has 0 radical (unpaired) electrons. The molecular formula is C22H28IN5O. The molecule has 1 amide bonds. The Labute approximate surface area is 188 Å². The summed E-state index contributed by atoms with van der Waals surface area (Å²) in [4.78, 5) is 15.5. The SMILES string of the molecule is CN=C(NCCCn1ccc2ccccc21)NCc1cccc(NC(C)=O)c1.I. The lowest BCUT2D eigenvalue weighted by atomic mass is 10.2. The predicted octanol–water partition coefficient (Wildman–Crippen LogP) is 3.97. The number of guanidine groups is 1. The molecule has 154 valence electrons.